The van der Waals surface area contributed by atoms with Gasteiger partial charge >= 0.3 is 0 Å². The number of sulfone groups is 1. The van der Waals surface area contributed by atoms with Crippen molar-refractivity contribution in [1.29, 1.82) is 0 Å². The van der Waals surface area contributed by atoms with Gasteiger partial charge in [-0.3, -0.25) is 0 Å². The molecule has 0 saturated carbocycles. The predicted octanol–water partition coefficient (Wildman–Crippen LogP) is 0.919. The molecule has 1 aromatic carbocycles. The summed E-state index contributed by atoms with van der Waals surface area (Å²) in [5.74, 6) is 0. The van der Waals surface area contributed by atoms with E-state index in [-0.39, 0.29) is 0 Å². The maximum Gasteiger partial charge on any atom is 0.175 e. The first-order valence-corrected chi connectivity index (χ1v) is 6.27. The van der Waals surface area contributed by atoms with E-state index in [0.29, 0.717) is 16.3 Å². The van der Waals surface area contributed by atoms with Crippen LogP contribution < -0.4 is 5.73 Å². The van der Waals surface area contributed by atoms with Gasteiger partial charge in [0.2, 0.25) is 0 Å². The molecule has 14 heavy (non-hydrogen) atoms. The van der Waals surface area contributed by atoms with Crippen molar-refractivity contribution in [3.05, 3.63) is 29.8 Å². The van der Waals surface area contributed by atoms with Crippen LogP contribution >= 0.6 is 12.2 Å². The average Bonchev–Trinajstić information content (AvgIpc) is 2.02. The van der Waals surface area contributed by atoms with Crippen molar-refractivity contribution in [2.75, 3.05) is 6.26 Å². The third kappa shape index (κ3) is 3.08. The van der Waals surface area contributed by atoms with Crippen LogP contribution in [0.2, 0.25) is 0 Å². The van der Waals surface area contributed by atoms with E-state index in [9.17, 15) is 8.42 Å². The Labute approximate surface area is 88.9 Å². The maximum absolute atomic E-state index is 11.1. The Morgan fingerprint density at radius 3 is 2.21 bits per heavy atom. The molecule has 0 aliphatic rings. The van der Waals surface area contributed by atoms with Crippen molar-refractivity contribution in [2.24, 2.45) is 5.73 Å². The van der Waals surface area contributed by atoms with Crippen LogP contribution in [0.1, 0.15) is 5.56 Å². The minimum atomic E-state index is -3.11. The summed E-state index contributed by atoms with van der Waals surface area (Å²) in [6.07, 6.45) is 1.68. The highest BCUT2D eigenvalue weighted by molar-refractivity contribution is 7.90. The smallest absolute Gasteiger partial charge is 0.175 e. The summed E-state index contributed by atoms with van der Waals surface area (Å²) in [5.41, 5.74) is 6.28. The van der Waals surface area contributed by atoms with Gasteiger partial charge < -0.3 is 5.73 Å². The van der Waals surface area contributed by atoms with Crippen molar-refractivity contribution in [3.8, 4) is 0 Å². The van der Waals surface area contributed by atoms with Crippen molar-refractivity contribution >= 4 is 27.0 Å². The molecule has 0 heterocycles. The molecular formula is C9H11NO2S2. The monoisotopic (exact) mass is 229 g/mol. The fourth-order valence-electron chi connectivity index (χ4n) is 1.06. The molecule has 0 atom stereocenters. The summed E-state index contributed by atoms with van der Waals surface area (Å²) in [7, 11) is -3.11. The summed E-state index contributed by atoms with van der Waals surface area (Å²) in [4.78, 5) is 0.710. The molecule has 1 rings (SSSR count). The van der Waals surface area contributed by atoms with Crippen LogP contribution in [-0.2, 0) is 16.3 Å². The van der Waals surface area contributed by atoms with Gasteiger partial charge in [0, 0.05) is 12.7 Å². The number of hydrogen-bond acceptors (Lipinski definition) is 3. The number of benzene rings is 1. The molecule has 0 radical (unpaired) electrons. The second-order valence-corrected chi connectivity index (χ2v) is 5.60. The first-order chi connectivity index (χ1) is 6.39. The topological polar surface area (TPSA) is 60.2 Å². The van der Waals surface area contributed by atoms with Crippen LogP contribution in [0.4, 0.5) is 0 Å². The van der Waals surface area contributed by atoms with Crippen LogP contribution in [0.25, 0.3) is 0 Å². The zero-order valence-electron chi connectivity index (χ0n) is 7.73. The van der Waals surface area contributed by atoms with Crippen LogP contribution in [0, 0.1) is 0 Å². The minimum absolute atomic E-state index is 0.309. The maximum atomic E-state index is 11.1. The van der Waals surface area contributed by atoms with Crippen molar-refractivity contribution < 1.29 is 8.42 Å². The Morgan fingerprint density at radius 2 is 1.86 bits per heavy atom. The lowest BCUT2D eigenvalue weighted by atomic mass is 10.1. The Hall–Kier alpha value is -0.940. The first-order valence-electron chi connectivity index (χ1n) is 3.97. The molecule has 76 valence electrons. The first kappa shape index (κ1) is 11.1. The van der Waals surface area contributed by atoms with Gasteiger partial charge in [0.1, 0.15) is 0 Å². The van der Waals surface area contributed by atoms with Crippen LogP contribution in [0.5, 0.6) is 0 Å². The molecule has 0 fully saturated rings. The highest BCUT2D eigenvalue weighted by Gasteiger charge is 2.05. The van der Waals surface area contributed by atoms with Crippen LogP contribution in [0.15, 0.2) is 29.2 Å². The van der Waals surface area contributed by atoms with E-state index in [1.165, 1.54) is 6.26 Å². The number of hydrogen-bond donors (Lipinski definition) is 1. The molecule has 0 bridgehead atoms. The highest BCUT2D eigenvalue weighted by Crippen LogP contribution is 2.10. The molecule has 0 aliphatic carbocycles. The lowest BCUT2D eigenvalue weighted by Gasteiger charge is -2.01. The van der Waals surface area contributed by atoms with E-state index in [1.807, 2.05) is 0 Å². The molecular weight excluding hydrogens is 218 g/mol. The lowest BCUT2D eigenvalue weighted by Crippen LogP contribution is -2.11. The number of nitrogens with two attached hydrogens (primary N) is 1. The van der Waals surface area contributed by atoms with E-state index in [0.717, 1.165) is 5.56 Å². The fraction of sp³-hybridized carbons (Fsp3) is 0.222. The summed E-state index contributed by atoms with van der Waals surface area (Å²) in [6, 6.07) is 6.55. The van der Waals surface area contributed by atoms with Gasteiger partial charge in [-0.25, -0.2) is 8.42 Å². The van der Waals surface area contributed by atoms with Gasteiger partial charge in [0.15, 0.2) is 9.84 Å². The second kappa shape index (κ2) is 4.06. The largest absolute Gasteiger partial charge is 0.393 e. The summed E-state index contributed by atoms with van der Waals surface area (Å²) < 4.78 is 22.2. The molecule has 5 heteroatoms. The van der Waals surface area contributed by atoms with E-state index in [1.54, 1.807) is 24.3 Å². The predicted molar refractivity (Wildman–Crippen MR) is 60.0 cm³/mol. The van der Waals surface area contributed by atoms with E-state index >= 15 is 0 Å². The van der Waals surface area contributed by atoms with Gasteiger partial charge in [-0.05, 0) is 17.7 Å². The molecule has 2 N–H and O–H groups in total. The van der Waals surface area contributed by atoms with Gasteiger partial charge in [-0.2, -0.15) is 0 Å². The van der Waals surface area contributed by atoms with Crippen molar-refractivity contribution in [2.45, 2.75) is 11.3 Å². The number of rotatable bonds is 3. The molecule has 0 spiro atoms. The van der Waals surface area contributed by atoms with E-state index < -0.39 is 9.84 Å². The second-order valence-electron chi connectivity index (χ2n) is 3.06. The van der Waals surface area contributed by atoms with Gasteiger partial charge in [0.05, 0.1) is 9.88 Å². The normalized spacial score (nSPS) is 11.2. The zero-order valence-corrected chi connectivity index (χ0v) is 9.36. The van der Waals surface area contributed by atoms with Crippen molar-refractivity contribution in [3.63, 3.8) is 0 Å². The van der Waals surface area contributed by atoms with Crippen LogP contribution in [0.3, 0.4) is 0 Å². The van der Waals surface area contributed by atoms with Gasteiger partial charge in [-0.1, -0.05) is 24.4 Å². The van der Waals surface area contributed by atoms with Gasteiger partial charge in [0.25, 0.3) is 0 Å². The molecule has 0 aromatic heterocycles. The molecule has 0 aliphatic heterocycles. The summed E-state index contributed by atoms with van der Waals surface area (Å²) in [6.45, 7) is 0. The molecule has 3 nitrogen and oxygen atoms in total. The summed E-state index contributed by atoms with van der Waals surface area (Å²) in [5, 5.41) is 0. The quantitative estimate of drug-likeness (QED) is 0.783. The number of thiocarbonyl (C=S) groups is 1. The third-order valence-corrected chi connectivity index (χ3v) is 3.00. The third-order valence-electron chi connectivity index (χ3n) is 1.73. The minimum Gasteiger partial charge on any atom is -0.393 e. The Balaban J connectivity index is 2.95. The fourth-order valence-corrected chi connectivity index (χ4v) is 1.85. The van der Waals surface area contributed by atoms with Gasteiger partial charge in [-0.15, -0.1) is 0 Å². The Kier molecular flexibility index (Phi) is 3.23. The lowest BCUT2D eigenvalue weighted by molar-refractivity contribution is 0.602. The SMILES string of the molecule is CS(=O)(=O)c1ccc(CC(N)=S)cc1. The molecule has 1 aromatic rings. The molecule has 0 amide bonds. The highest BCUT2D eigenvalue weighted by atomic mass is 32.2. The van der Waals surface area contributed by atoms with Crippen LogP contribution in [-0.4, -0.2) is 19.7 Å². The van der Waals surface area contributed by atoms with Crippen molar-refractivity contribution in [1.82, 2.24) is 0 Å². The molecule has 0 saturated heterocycles. The van der Waals surface area contributed by atoms with E-state index in [4.69, 9.17) is 18.0 Å². The average molecular weight is 229 g/mol. The standard InChI is InChI=1S/C9H11NO2S2/c1-14(11,12)8-4-2-7(3-5-8)6-9(10)13/h2-5H,6H2,1H3,(H2,10,13). The summed E-state index contributed by atoms with van der Waals surface area (Å²) >= 11 is 4.74. The zero-order chi connectivity index (χ0) is 10.8. The Morgan fingerprint density at radius 1 is 1.36 bits per heavy atom. The van der Waals surface area contributed by atoms with E-state index in [2.05, 4.69) is 0 Å². The Bertz CT molecular complexity index is 434. The molecule has 0 unspecified atom stereocenters.